The molecule has 5 nitrogen and oxygen atoms in total. The highest BCUT2D eigenvalue weighted by Crippen LogP contribution is 2.39. The van der Waals surface area contributed by atoms with Crippen LogP contribution >= 0.6 is 0 Å². The second-order valence-corrected chi connectivity index (χ2v) is 6.28. The van der Waals surface area contributed by atoms with Gasteiger partial charge in [0.15, 0.2) is 0 Å². The predicted octanol–water partition coefficient (Wildman–Crippen LogP) is 3.22. The number of carbonyl (C=O) groups excluding carboxylic acids is 1. The zero-order valence-corrected chi connectivity index (χ0v) is 13.8. The largest absolute Gasteiger partial charge is 0.369 e. The molecule has 3 rings (SSSR count). The number of hydrogen-bond donors (Lipinski definition) is 2. The number of benzene rings is 1. The Kier molecular flexibility index (Phi) is 4.74. The molecule has 2 aromatic rings. The monoisotopic (exact) mass is 312 g/mol. The summed E-state index contributed by atoms with van der Waals surface area (Å²) in [7, 11) is 0. The molecule has 122 valence electrons. The molecule has 1 aliphatic rings. The van der Waals surface area contributed by atoms with Gasteiger partial charge in [-0.2, -0.15) is 0 Å². The molecule has 1 aliphatic carbocycles. The third-order valence-corrected chi connectivity index (χ3v) is 4.23. The topological polar surface area (TPSA) is 66.9 Å². The Balaban J connectivity index is 1.68. The Hall–Kier alpha value is -2.17. The lowest BCUT2D eigenvalue weighted by atomic mass is 10.2. The molecule has 1 saturated carbocycles. The van der Waals surface area contributed by atoms with Gasteiger partial charge in [-0.25, -0.2) is 9.97 Å². The molecule has 1 heterocycles. The molecule has 0 unspecified atom stereocenters. The van der Waals surface area contributed by atoms with E-state index in [9.17, 15) is 4.79 Å². The van der Waals surface area contributed by atoms with Crippen LogP contribution in [0.2, 0.25) is 0 Å². The number of anilines is 1. The number of nitrogens with zero attached hydrogens (tertiary/aromatic N) is 2. The van der Waals surface area contributed by atoms with Crippen LogP contribution in [0.4, 0.5) is 5.82 Å². The van der Waals surface area contributed by atoms with Gasteiger partial charge in [0.05, 0.1) is 5.52 Å². The van der Waals surface area contributed by atoms with E-state index in [2.05, 4.69) is 27.5 Å². The van der Waals surface area contributed by atoms with Gasteiger partial charge in [0.25, 0.3) is 0 Å². The van der Waals surface area contributed by atoms with E-state index in [1.807, 2.05) is 31.2 Å². The van der Waals surface area contributed by atoms with Crippen LogP contribution in [0.3, 0.4) is 0 Å². The van der Waals surface area contributed by atoms with Gasteiger partial charge < -0.3 is 10.6 Å². The molecule has 1 aromatic carbocycles. The average Bonchev–Trinajstić information content (AvgIpc) is 3.39. The van der Waals surface area contributed by atoms with E-state index >= 15 is 0 Å². The first-order chi connectivity index (χ1) is 11.2. The number of aromatic nitrogens is 2. The first kappa shape index (κ1) is 15.7. The summed E-state index contributed by atoms with van der Waals surface area (Å²) in [5, 5.41) is 7.32. The Morgan fingerprint density at radius 2 is 2.09 bits per heavy atom. The van der Waals surface area contributed by atoms with E-state index in [1.54, 1.807) is 0 Å². The maximum Gasteiger partial charge on any atom is 0.221 e. The van der Waals surface area contributed by atoms with Gasteiger partial charge in [-0.15, -0.1) is 0 Å². The maximum absolute atomic E-state index is 11.9. The van der Waals surface area contributed by atoms with E-state index in [1.165, 1.54) is 12.8 Å². The van der Waals surface area contributed by atoms with Crippen molar-refractivity contribution in [2.24, 2.45) is 0 Å². The molecule has 1 aromatic heterocycles. The third-order valence-electron chi connectivity index (χ3n) is 4.23. The number of hydrogen-bond acceptors (Lipinski definition) is 4. The van der Waals surface area contributed by atoms with Crippen molar-refractivity contribution in [1.82, 2.24) is 15.3 Å². The Bertz CT molecular complexity index is 696. The van der Waals surface area contributed by atoms with Crippen molar-refractivity contribution in [3.05, 3.63) is 30.1 Å². The maximum atomic E-state index is 11.9. The zero-order chi connectivity index (χ0) is 16.2. The first-order valence-corrected chi connectivity index (χ1v) is 8.47. The summed E-state index contributed by atoms with van der Waals surface area (Å²) >= 11 is 0. The van der Waals surface area contributed by atoms with E-state index in [-0.39, 0.29) is 11.9 Å². The van der Waals surface area contributed by atoms with Crippen molar-refractivity contribution in [3.8, 4) is 0 Å². The molecule has 23 heavy (non-hydrogen) atoms. The smallest absolute Gasteiger partial charge is 0.221 e. The van der Waals surface area contributed by atoms with E-state index in [4.69, 9.17) is 0 Å². The van der Waals surface area contributed by atoms with Crippen molar-refractivity contribution in [2.45, 2.75) is 51.5 Å². The molecule has 0 spiro atoms. The van der Waals surface area contributed by atoms with Crippen LogP contribution in [0, 0.1) is 0 Å². The fraction of sp³-hybridized carbons (Fsp3) is 0.500. The zero-order valence-electron chi connectivity index (χ0n) is 13.8. The lowest BCUT2D eigenvalue weighted by molar-refractivity contribution is -0.121. The molecule has 2 N–H and O–H groups in total. The Labute approximate surface area is 136 Å². The standard InChI is InChI=1S/C18H24N4O/c1-3-12(2)20-16(23)10-11-19-18-14-6-4-5-7-15(14)21-17(22-18)13-8-9-13/h4-7,12-13H,3,8-11H2,1-2H3,(H,20,23)(H,19,21,22)/t12-/m1/s1. The Morgan fingerprint density at radius 3 is 2.83 bits per heavy atom. The van der Waals surface area contributed by atoms with Crippen LogP contribution in [0.25, 0.3) is 10.9 Å². The third kappa shape index (κ3) is 3.97. The number of para-hydroxylation sites is 1. The van der Waals surface area contributed by atoms with Gasteiger partial charge in [-0.1, -0.05) is 19.1 Å². The SMILES string of the molecule is CC[C@@H](C)NC(=O)CCNc1nc(C2CC2)nc2ccccc12. The fourth-order valence-electron chi connectivity index (χ4n) is 2.50. The number of fused-ring (bicyclic) bond motifs is 1. The van der Waals surface area contributed by atoms with Gasteiger partial charge in [-0.05, 0) is 38.3 Å². The summed E-state index contributed by atoms with van der Waals surface area (Å²) in [5.74, 6) is 2.35. The Morgan fingerprint density at radius 1 is 1.30 bits per heavy atom. The second-order valence-electron chi connectivity index (χ2n) is 6.28. The molecule has 0 saturated heterocycles. The molecule has 5 heteroatoms. The number of carbonyl (C=O) groups is 1. The average molecular weight is 312 g/mol. The fourth-order valence-corrected chi connectivity index (χ4v) is 2.50. The lowest BCUT2D eigenvalue weighted by Crippen LogP contribution is -2.33. The highest BCUT2D eigenvalue weighted by molar-refractivity contribution is 5.89. The lowest BCUT2D eigenvalue weighted by Gasteiger charge is -2.13. The summed E-state index contributed by atoms with van der Waals surface area (Å²) < 4.78 is 0. The molecule has 1 fully saturated rings. The number of nitrogens with one attached hydrogen (secondary N) is 2. The highest BCUT2D eigenvalue weighted by atomic mass is 16.1. The number of rotatable bonds is 7. The van der Waals surface area contributed by atoms with E-state index < -0.39 is 0 Å². The summed E-state index contributed by atoms with van der Waals surface area (Å²) in [6.45, 7) is 4.66. The highest BCUT2D eigenvalue weighted by Gasteiger charge is 2.27. The van der Waals surface area contributed by atoms with Crippen LogP contribution in [0.1, 0.15) is 51.3 Å². The summed E-state index contributed by atoms with van der Waals surface area (Å²) in [6.07, 6.45) is 3.74. The van der Waals surface area contributed by atoms with Crippen LogP contribution in [0.5, 0.6) is 0 Å². The van der Waals surface area contributed by atoms with Crippen molar-refractivity contribution in [1.29, 1.82) is 0 Å². The molecular formula is C18H24N4O. The van der Waals surface area contributed by atoms with Crippen LogP contribution in [-0.2, 0) is 4.79 Å². The van der Waals surface area contributed by atoms with Crippen molar-refractivity contribution >= 4 is 22.6 Å². The minimum atomic E-state index is 0.0765. The molecule has 0 bridgehead atoms. The molecular weight excluding hydrogens is 288 g/mol. The van der Waals surface area contributed by atoms with Crippen LogP contribution in [0.15, 0.2) is 24.3 Å². The van der Waals surface area contributed by atoms with Crippen molar-refractivity contribution < 1.29 is 4.79 Å². The van der Waals surface area contributed by atoms with Crippen LogP contribution < -0.4 is 10.6 Å². The minimum Gasteiger partial charge on any atom is -0.369 e. The van der Waals surface area contributed by atoms with Gasteiger partial charge in [0.2, 0.25) is 5.91 Å². The summed E-state index contributed by atoms with van der Waals surface area (Å²) in [4.78, 5) is 21.2. The number of amides is 1. The second kappa shape index (κ2) is 6.94. The van der Waals surface area contributed by atoms with Gasteiger partial charge in [0, 0.05) is 30.3 Å². The van der Waals surface area contributed by atoms with Gasteiger partial charge in [-0.3, -0.25) is 4.79 Å². The summed E-state index contributed by atoms with van der Waals surface area (Å²) in [6, 6.07) is 8.25. The summed E-state index contributed by atoms with van der Waals surface area (Å²) in [5.41, 5.74) is 0.968. The van der Waals surface area contributed by atoms with E-state index in [0.29, 0.717) is 18.9 Å². The molecule has 0 aliphatic heterocycles. The minimum absolute atomic E-state index is 0.0765. The quantitative estimate of drug-likeness (QED) is 0.824. The molecule has 0 radical (unpaired) electrons. The molecule has 1 amide bonds. The predicted molar refractivity (Wildman–Crippen MR) is 92.5 cm³/mol. The first-order valence-electron chi connectivity index (χ1n) is 8.47. The van der Waals surface area contributed by atoms with E-state index in [0.717, 1.165) is 29.0 Å². The molecule has 1 atom stereocenters. The van der Waals surface area contributed by atoms with Crippen LogP contribution in [-0.4, -0.2) is 28.5 Å². The van der Waals surface area contributed by atoms with Gasteiger partial charge >= 0.3 is 0 Å². The van der Waals surface area contributed by atoms with Crippen molar-refractivity contribution in [3.63, 3.8) is 0 Å². The van der Waals surface area contributed by atoms with Crippen molar-refractivity contribution in [2.75, 3.05) is 11.9 Å². The van der Waals surface area contributed by atoms with Gasteiger partial charge in [0.1, 0.15) is 11.6 Å². The normalized spacial score (nSPS) is 15.4.